The van der Waals surface area contributed by atoms with Crippen molar-refractivity contribution in [2.24, 2.45) is 0 Å². The van der Waals surface area contributed by atoms with Gasteiger partial charge in [0.1, 0.15) is 5.82 Å². The van der Waals surface area contributed by atoms with Crippen LogP contribution in [-0.2, 0) is 9.53 Å². The molecule has 2 aromatic rings. The van der Waals surface area contributed by atoms with Crippen molar-refractivity contribution >= 4 is 23.3 Å². The van der Waals surface area contributed by atoms with Crippen LogP contribution in [0.2, 0.25) is 0 Å². The van der Waals surface area contributed by atoms with Crippen molar-refractivity contribution in [2.75, 3.05) is 5.32 Å². The van der Waals surface area contributed by atoms with Crippen LogP contribution >= 0.6 is 0 Å². The van der Waals surface area contributed by atoms with Crippen molar-refractivity contribution < 1.29 is 23.5 Å². The maximum Gasteiger partial charge on any atom is 0.341 e. The number of esters is 1. The van der Waals surface area contributed by atoms with Gasteiger partial charge in [0.05, 0.1) is 5.56 Å². The third kappa shape index (κ3) is 4.25. The predicted molar refractivity (Wildman–Crippen MR) is 86.4 cm³/mol. The molecule has 124 valence electrons. The van der Waals surface area contributed by atoms with E-state index in [1.165, 1.54) is 32.0 Å². The molecule has 1 amide bonds. The molecule has 1 atom stereocenters. The highest BCUT2D eigenvalue weighted by atomic mass is 19.1. The first kappa shape index (κ1) is 17.3. The normalized spacial score (nSPS) is 11.5. The number of carbonyl (C=O) groups excluding carboxylic acids is 3. The van der Waals surface area contributed by atoms with Crippen LogP contribution in [0, 0.1) is 5.82 Å². The van der Waals surface area contributed by atoms with Gasteiger partial charge >= 0.3 is 5.97 Å². The molecule has 0 fully saturated rings. The number of hydrogen-bond acceptors (Lipinski definition) is 4. The minimum Gasteiger partial charge on any atom is -0.449 e. The minimum absolute atomic E-state index is 0.0833. The van der Waals surface area contributed by atoms with Gasteiger partial charge in [-0.25, -0.2) is 9.18 Å². The van der Waals surface area contributed by atoms with E-state index in [0.717, 1.165) is 6.07 Å². The average Bonchev–Trinajstić information content (AvgIpc) is 2.55. The van der Waals surface area contributed by atoms with Gasteiger partial charge in [0, 0.05) is 11.3 Å². The monoisotopic (exact) mass is 329 g/mol. The molecule has 0 aliphatic rings. The van der Waals surface area contributed by atoms with E-state index in [1.54, 1.807) is 24.3 Å². The second-order valence-electron chi connectivity index (χ2n) is 5.15. The van der Waals surface area contributed by atoms with Gasteiger partial charge in [-0.05, 0) is 50.2 Å². The Morgan fingerprint density at radius 3 is 2.25 bits per heavy atom. The Kier molecular flexibility index (Phi) is 5.42. The fourth-order valence-corrected chi connectivity index (χ4v) is 1.94. The molecule has 24 heavy (non-hydrogen) atoms. The average molecular weight is 329 g/mol. The van der Waals surface area contributed by atoms with Crippen LogP contribution in [0.15, 0.2) is 48.5 Å². The number of Topliss-reactive ketones (excluding diaryl/α,β-unsaturated/α-hetero) is 1. The number of halogens is 1. The molecule has 0 radical (unpaired) electrons. The molecule has 2 aromatic carbocycles. The lowest BCUT2D eigenvalue weighted by atomic mass is 10.1. The Bertz CT molecular complexity index is 771. The third-order valence-electron chi connectivity index (χ3n) is 3.31. The van der Waals surface area contributed by atoms with Gasteiger partial charge in [0.15, 0.2) is 11.9 Å². The molecule has 0 heterocycles. The van der Waals surface area contributed by atoms with E-state index < -0.39 is 23.8 Å². The summed E-state index contributed by atoms with van der Waals surface area (Å²) in [5.74, 6) is -2.27. The number of nitrogens with one attached hydrogen (secondary N) is 1. The summed E-state index contributed by atoms with van der Waals surface area (Å²) in [5, 5.41) is 2.56. The highest BCUT2D eigenvalue weighted by Crippen LogP contribution is 2.13. The topological polar surface area (TPSA) is 72.5 Å². The van der Waals surface area contributed by atoms with Crippen molar-refractivity contribution in [3.8, 4) is 0 Å². The first-order chi connectivity index (χ1) is 11.4. The lowest BCUT2D eigenvalue weighted by molar-refractivity contribution is -0.123. The van der Waals surface area contributed by atoms with Crippen LogP contribution in [0.25, 0.3) is 0 Å². The van der Waals surface area contributed by atoms with Gasteiger partial charge in [-0.1, -0.05) is 12.1 Å². The second-order valence-corrected chi connectivity index (χ2v) is 5.15. The van der Waals surface area contributed by atoms with Crippen LogP contribution in [0.5, 0.6) is 0 Å². The SMILES string of the molecule is CC(=O)c1ccc(NC(=O)C(C)OC(=O)c2ccccc2F)cc1. The quantitative estimate of drug-likeness (QED) is 0.675. The number of ketones is 1. The largest absolute Gasteiger partial charge is 0.449 e. The summed E-state index contributed by atoms with van der Waals surface area (Å²) in [6, 6.07) is 11.7. The number of rotatable bonds is 5. The fraction of sp³-hybridized carbons (Fsp3) is 0.167. The summed E-state index contributed by atoms with van der Waals surface area (Å²) in [6.07, 6.45) is -1.11. The maximum absolute atomic E-state index is 13.5. The number of benzene rings is 2. The summed E-state index contributed by atoms with van der Waals surface area (Å²) in [5.41, 5.74) is 0.744. The number of hydrogen-bond donors (Lipinski definition) is 1. The van der Waals surface area contributed by atoms with Crippen molar-refractivity contribution in [2.45, 2.75) is 20.0 Å². The maximum atomic E-state index is 13.5. The first-order valence-corrected chi connectivity index (χ1v) is 7.26. The van der Waals surface area contributed by atoms with Crippen LogP contribution in [0.4, 0.5) is 10.1 Å². The summed E-state index contributed by atoms with van der Waals surface area (Å²) in [6.45, 7) is 2.83. The highest BCUT2D eigenvalue weighted by molar-refractivity contribution is 5.98. The summed E-state index contributed by atoms with van der Waals surface area (Å²) in [4.78, 5) is 35.1. The van der Waals surface area contributed by atoms with E-state index in [2.05, 4.69) is 5.32 Å². The predicted octanol–water partition coefficient (Wildman–Crippen LogP) is 3.21. The zero-order chi connectivity index (χ0) is 17.7. The number of anilines is 1. The molecule has 0 aliphatic heterocycles. The Morgan fingerprint density at radius 1 is 1.04 bits per heavy atom. The molecule has 6 heteroatoms. The number of amides is 1. The van der Waals surface area contributed by atoms with Crippen molar-refractivity contribution in [1.82, 2.24) is 0 Å². The molecule has 0 spiro atoms. The fourth-order valence-electron chi connectivity index (χ4n) is 1.94. The van der Waals surface area contributed by atoms with Crippen LogP contribution in [-0.4, -0.2) is 23.8 Å². The Labute approximate surface area is 138 Å². The molecule has 1 unspecified atom stereocenters. The van der Waals surface area contributed by atoms with E-state index in [0.29, 0.717) is 11.3 Å². The Balaban J connectivity index is 1.98. The van der Waals surface area contributed by atoms with Crippen LogP contribution in [0.1, 0.15) is 34.6 Å². The lowest BCUT2D eigenvalue weighted by Gasteiger charge is -2.14. The van der Waals surface area contributed by atoms with E-state index in [9.17, 15) is 18.8 Å². The van der Waals surface area contributed by atoms with Crippen LogP contribution < -0.4 is 5.32 Å². The summed E-state index contributed by atoms with van der Waals surface area (Å²) < 4.78 is 18.5. The minimum atomic E-state index is -1.11. The van der Waals surface area contributed by atoms with Crippen molar-refractivity contribution in [3.05, 3.63) is 65.5 Å². The molecule has 2 rings (SSSR count). The van der Waals surface area contributed by atoms with Gasteiger partial charge in [-0.15, -0.1) is 0 Å². The lowest BCUT2D eigenvalue weighted by Crippen LogP contribution is -2.30. The molecule has 0 bridgehead atoms. The van der Waals surface area contributed by atoms with Crippen molar-refractivity contribution in [1.29, 1.82) is 0 Å². The molecule has 5 nitrogen and oxygen atoms in total. The van der Waals surface area contributed by atoms with Crippen molar-refractivity contribution in [3.63, 3.8) is 0 Å². The zero-order valence-corrected chi connectivity index (χ0v) is 13.2. The molecular formula is C18H16FNO4. The van der Waals surface area contributed by atoms with Crippen LogP contribution in [0.3, 0.4) is 0 Å². The standard InChI is InChI=1S/C18H16FNO4/c1-11(21)13-7-9-14(10-8-13)20-17(22)12(2)24-18(23)15-5-3-4-6-16(15)19/h3-10,12H,1-2H3,(H,20,22). The smallest absolute Gasteiger partial charge is 0.341 e. The third-order valence-corrected chi connectivity index (χ3v) is 3.31. The molecule has 1 N–H and O–H groups in total. The second kappa shape index (κ2) is 7.50. The van der Waals surface area contributed by atoms with Gasteiger partial charge in [0.2, 0.25) is 0 Å². The summed E-state index contributed by atoms with van der Waals surface area (Å²) in [7, 11) is 0. The zero-order valence-electron chi connectivity index (χ0n) is 13.2. The van der Waals surface area contributed by atoms with E-state index in [4.69, 9.17) is 4.74 Å². The summed E-state index contributed by atoms with van der Waals surface area (Å²) >= 11 is 0. The van der Waals surface area contributed by atoms with E-state index in [-0.39, 0.29) is 11.3 Å². The van der Waals surface area contributed by atoms with Gasteiger partial charge in [-0.3, -0.25) is 9.59 Å². The Hall–Kier alpha value is -3.02. The molecule has 0 saturated heterocycles. The number of ether oxygens (including phenoxy) is 1. The molecule has 0 aliphatic carbocycles. The first-order valence-electron chi connectivity index (χ1n) is 7.26. The highest BCUT2D eigenvalue weighted by Gasteiger charge is 2.21. The van der Waals surface area contributed by atoms with Gasteiger partial charge in [0.25, 0.3) is 5.91 Å². The van der Waals surface area contributed by atoms with Gasteiger partial charge < -0.3 is 10.1 Å². The van der Waals surface area contributed by atoms with Gasteiger partial charge in [-0.2, -0.15) is 0 Å². The molecule has 0 aromatic heterocycles. The van der Waals surface area contributed by atoms with E-state index in [1.807, 2.05) is 0 Å². The number of carbonyl (C=O) groups is 3. The Morgan fingerprint density at radius 2 is 1.67 bits per heavy atom. The molecule has 0 saturated carbocycles. The van der Waals surface area contributed by atoms with E-state index >= 15 is 0 Å². The molecular weight excluding hydrogens is 313 g/mol.